The second-order valence-electron chi connectivity index (χ2n) is 4.77. The number of carbonyl (C=O) groups excluding carboxylic acids is 2. The van der Waals surface area contributed by atoms with Gasteiger partial charge in [-0.15, -0.1) is 0 Å². The number of hydrogen-bond acceptors (Lipinski definition) is 4. The monoisotopic (exact) mass is 285 g/mol. The highest BCUT2D eigenvalue weighted by molar-refractivity contribution is 6.30. The average Bonchev–Trinajstić information content (AvgIpc) is 2.27. The van der Waals surface area contributed by atoms with Crippen molar-refractivity contribution in [2.45, 2.75) is 26.4 Å². The number of halogens is 1. The molecule has 7 heteroatoms. The van der Waals surface area contributed by atoms with E-state index in [4.69, 9.17) is 16.3 Å². The number of nitrogens with one attached hydrogen (secondary N) is 2. The minimum absolute atomic E-state index is 0.195. The molecule has 6 nitrogen and oxygen atoms in total. The van der Waals surface area contributed by atoms with E-state index in [-0.39, 0.29) is 6.54 Å². The number of pyridine rings is 1. The Morgan fingerprint density at radius 3 is 2.58 bits per heavy atom. The summed E-state index contributed by atoms with van der Waals surface area (Å²) in [7, 11) is 0. The highest BCUT2D eigenvalue weighted by Gasteiger charge is 2.16. The van der Waals surface area contributed by atoms with Crippen molar-refractivity contribution in [3.8, 4) is 0 Å². The smallest absolute Gasteiger partial charge is 0.408 e. The van der Waals surface area contributed by atoms with Crippen LogP contribution in [-0.2, 0) is 9.53 Å². The highest BCUT2D eigenvalue weighted by Crippen LogP contribution is 2.09. The zero-order valence-corrected chi connectivity index (χ0v) is 11.7. The Morgan fingerprint density at radius 2 is 2.05 bits per heavy atom. The van der Waals surface area contributed by atoms with Crippen molar-refractivity contribution < 1.29 is 14.3 Å². The van der Waals surface area contributed by atoms with Gasteiger partial charge in [-0.3, -0.25) is 4.79 Å². The van der Waals surface area contributed by atoms with Gasteiger partial charge in [-0.1, -0.05) is 11.6 Å². The van der Waals surface area contributed by atoms with Crippen LogP contribution >= 0.6 is 11.6 Å². The fourth-order valence-electron chi connectivity index (χ4n) is 1.10. The van der Waals surface area contributed by atoms with Gasteiger partial charge in [0.1, 0.15) is 18.0 Å². The quantitative estimate of drug-likeness (QED) is 0.892. The predicted molar refractivity (Wildman–Crippen MR) is 72.1 cm³/mol. The summed E-state index contributed by atoms with van der Waals surface area (Å²) in [6, 6.07) is 3.17. The molecule has 0 bridgehead atoms. The van der Waals surface area contributed by atoms with Crippen molar-refractivity contribution in [1.82, 2.24) is 10.3 Å². The number of alkyl carbamates (subject to hydrolysis) is 1. The number of nitrogens with zero attached hydrogens (tertiary/aromatic N) is 1. The number of carbonyl (C=O) groups is 2. The van der Waals surface area contributed by atoms with Crippen LogP contribution < -0.4 is 10.6 Å². The van der Waals surface area contributed by atoms with Crippen LogP contribution in [0.5, 0.6) is 0 Å². The second-order valence-corrected chi connectivity index (χ2v) is 5.20. The van der Waals surface area contributed by atoms with Crippen LogP contribution in [0.3, 0.4) is 0 Å². The van der Waals surface area contributed by atoms with Gasteiger partial charge in [0.15, 0.2) is 0 Å². The summed E-state index contributed by atoms with van der Waals surface area (Å²) >= 11 is 5.66. The minimum atomic E-state index is -0.647. The van der Waals surface area contributed by atoms with E-state index >= 15 is 0 Å². The van der Waals surface area contributed by atoms with Gasteiger partial charge in [-0.25, -0.2) is 9.78 Å². The largest absolute Gasteiger partial charge is 0.444 e. The molecule has 0 saturated carbocycles. The fraction of sp³-hybridized carbons (Fsp3) is 0.417. The maximum atomic E-state index is 11.5. The molecule has 0 spiro atoms. The Balaban J connectivity index is 2.36. The van der Waals surface area contributed by atoms with E-state index in [0.717, 1.165) is 0 Å². The molecule has 0 atom stereocenters. The number of amides is 2. The van der Waals surface area contributed by atoms with E-state index in [1.54, 1.807) is 32.9 Å². The molecule has 0 aliphatic carbocycles. The van der Waals surface area contributed by atoms with Crippen LogP contribution in [0.2, 0.25) is 5.02 Å². The summed E-state index contributed by atoms with van der Waals surface area (Å²) in [4.78, 5) is 26.7. The van der Waals surface area contributed by atoms with Gasteiger partial charge >= 0.3 is 6.09 Å². The average molecular weight is 286 g/mol. The molecule has 1 rings (SSSR count). The summed E-state index contributed by atoms with van der Waals surface area (Å²) in [5.41, 5.74) is -0.599. The first-order chi connectivity index (χ1) is 8.76. The Labute approximate surface area is 116 Å². The molecule has 0 saturated heterocycles. The van der Waals surface area contributed by atoms with E-state index in [9.17, 15) is 9.59 Å². The summed E-state index contributed by atoms with van der Waals surface area (Å²) in [6.07, 6.45) is 0.769. The first kappa shape index (κ1) is 15.2. The van der Waals surface area contributed by atoms with Crippen LogP contribution in [0, 0.1) is 0 Å². The standard InChI is InChI=1S/C12H16ClN3O3/c1-12(2,3)19-11(18)15-7-10(17)16-9-5-4-8(13)6-14-9/h4-6H,7H2,1-3H3,(H,15,18)(H,14,16,17). The summed E-state index contributed by atoms with van der Waals surface area (Å²) < 4.78 is 4.99. The third kappa shape index (κ3) is 6.61. The Kier molecular flexibility index (Phi) is 5.11. The molecule has 0 unspecified atom stereocenters. The normalized spacial score (nSPS) is 10.7. The lowest BCUT2D eigenvalue weighted by Crippen LogP contribution is -2.37. The maximum absolute atomic E-state index is 11.5. The van der Waals surface area contributed by atoms with E-state index in [1.165, 1.54) is 6.20 Å². The van der Waals surface area contributed by atoms with Crippen molar-refractivity contribution in [2.24, 2.45) is 0 Å². The molecule has 1 aromatic heterocycles. The van der Waals surface area contributed by atoms with E-state index in [1.807, 2.05) is 0 Å². The van der Waals surface area contributed by atoms with Gasteiger partial charge in [0, 0.05) is 6.20 Å². The van der Waals surface area contributed by atoms with Crippen LogP contribution in [0.1, 0.15) is 20.8 Å². The number of hydrogen-bond donors (Lipinski definition) is 2. The first-order valence-corrected chi connectivity index (χ1v) is 6.02. The molecule has 0 aromatic carbocycles. The van der Waals surface area contributed by atoms with Gasteiger partial charge in [-0.2, -0.15) is 0 Å². The molecule has 0 fully saturated rings. The first-order valence-electron chi connectivity index (χ1n) is 5.64. The maximum Gasteiger partial charge on any atom is 0.408 e. The van der Waals surface area contributed by atoms with Gasteiger partial charge in [0.05, 0.1) is 5.02 Å². The van der Waals surface area contributed by atoms with Crippen LogP contribution in [0.25, 0.3) is 0 Å². The Morgan fingerprint density at radius 1 is 1.37 bits per heavy atom. The van der Waals surface area contributed by atoms with Crippen molar-refractivity contribution in [3.05, 3.63) is 23.4 Å². The number of rotatable bonds is 3. The number of aromatic nitrogens is 1. The molecule has 0 aliphatic heterocycles. The molecule has 19 heavy (non-hydrogen) atoms. The summed E-state index contributed by atoms with van der Waals surface area (Å²) in [6.45, 7) is 5.03. The second kappa shape index (κ2) is 6.38. The van der Waals surface area contributed by atoms with Gasteiger partial charge in [0.2, 0.25) is 5.91 Å². The number of ether oxygens (including phenoxy) is 1. The van der Waals surface area contributed by atoms with Crippen molar-refractivity contribution in [3.63, 3.8) is 0 Å². The predicted octanol–water partition coefficient (Wildman–Crippen LogP) is 2.20. The van der Waals surface area contributed by atoms with E-state index < -0.39 is 17.6 Å². The van der Waals surface area contributed by atoms with Crippen LogP contribution in [-0.4, -0.2) is 29.1 Å². The molecule has 2 N–H and O–H groups in total. The van der Waals surface area contributed by atoms with Gasteiger partial charge in [0.25, 0.3) is 0 Å². The Hall–Kier alpha value is -1.82. The molecular weight excluding hydrogens is 270 g/mol. The minimum Gasteiger partial charge on any atom is -0.444 e. The lowest BCUT2D eigenvalue weighted by Gasteiger charge is -2.19. The van der Waals surface area contributed by atoms with Gasteiger partial charge < -0.3 is 15.4 Å². The van der Waals surface area contributed by atoms with Crippen molar-refractivity contribution in [2.75, 3.05) is 11.9 Å². The molecule has 2 amide bonds. The topological polar surface area (TPSA) is 80.3 Å². The summed E-state index contributed by atoms with van der Waals surface area (Å²) in [5.74, 6) is -0.0407. The van der Waals surface area contributed by atoms with E-state index in [0.29, 0.717) is 10.8 Å². The molecular formula is C12H16ClN3O3. The fourth-order valence-corrected chi connectivity index (χ4v) is 1.22. The van der Waals surface area contributed by atoms with Crippen LogP contribution in [0.4, 0.5) is 10.6 Å². The Bertz CT molecular complexity index is 454. The number of anilines is 1. The molecule has 104 valence electrons. The molecule has 0 radical (unpaired) electrons. The summed E-state index contributed by atoms with van der Waals surface area (Å²) in [5, 5.41) is 5.33. The van der Waals surface area contributed by atoms with Gasteiger partial charge in [-0.05, 0) is 32.9 Å². The lowest BCUT2D eigenvalue weighted by molar-refractivity contribution is -0.115. The van der Waals surface area contributed by atoms with Crippen molar-refractivity contribution >= 4 is 29.4 Å². The zero-order valence-electron chi connectivity index (χ0n) is 11.0. The van der Waals surface area contributed by atoms with Crippen molar-refractivity contribution in [1.29, 1.82) is 0 Å². The molecule has 0 aliphatic rings. The molecule has 1 heterocycles. The molecule has 1 aromatic rings. The lowest BCUT2D eigenvalue weighted by atomic mass is 10.2. The SMILES string of the molecule is CC(C)(C)OC(=O)NCC(=O)Nc1ccc(Cl)cn1. The van der Waals surface area contributed by atoms with E-state index in [2.05, 4.69) is 15.6 Å². The van der Waals surface area contributed by atoms with Crippen LogP contribution in [0.15, 0.2) is 18.3 Å². The third-order valence-corrected chi connectivity index (χ3v) is 2.01. The zero-order chi connectivity index (χ0) is 14.5. The third-order valence-electron chi connectivity index (χ3n) is 1.79. The highest BCUT2D eigenvalue weighted by atomic mass is 35.5.